The fourth-order valence-electron chi connectivity index (χ4n) is 4.08. The van der Waals surface area contributed by atoms with Gasteiger partial charge in [-0.2, -0.15) is 5.26 Å². The van der Waals surface area contributed by atoms with Crippen LogP contribution in [0.4, 0.5) is 16.2 Å². The summed E-state index contributed by atoms with van der Waals surface area (Å²) in [6, 6.07) is 16.4. The minimum Gasteiger partial charge on any atom is -0.335 e. The number of halogens is 1. The van der Waals surface area contributed by atoms with Gasteiger partial charge in [-0.15, -0.1) is 0 Å². The van der Waals surface area contributed by atoms with Crippen molar-refractivity contribution in [2.75, 3.05) is 25.0 Å². The third-order valence-electron chi connectivity index (χ3n) is 5.86. The Morgan fingerprint density at radius 3 is 2.66 bits per heavy atom. The van der Waals surface area contributed by atoms with Gasteiger partial charge in [0.05, 0.1) is 17.2 Å². The first-order valence-corrected chi connectivity index (χ1v) is 11.5. The number of benzene rings is 2. The number of guanidine groups is 1. The minimum atomic E-state index is -0.167. The summed E-state index contributed by atoms with van der Waals surface area (Å²) in [5, 5.41) is 16.7. The van der Waals surface area contributed by atoms with Crippen LogP contribution in [0.15, 0.2) is 65.8 Å². The lowest BCUT2D eigenvalue weighted by atomic mass is 10.00. The van der Waals surface area contributed by atoms with Gasteiger partial charge >= 0.3 is 6.03 Å². The monoisotopic (exact) mass is 491 g/mol. The topological polar surface area (TPSA) is 96.7 Å². The van der Waals surface area contributed by atoms with Crippen molar-refractivity contribution >= 4 is 45.9 Å². The fraction of sp³-hybridized carbons (Fsp3) is 0.308. The average Bonchev–Trinajstić information content (AvgIpc) is 2.85. The maximum absolute atomic E-state index is 12.9. The number of anilines is 1. The van der Waals surface area contributed by atoms with Crippen molar-refractivity contribution in [1.82, 2.24) is 20.1 Å². The highest BCUT2D eigenvalue weighted by Gasteiger charge is 2.33. The van der Waals surface area contributed by atoms with Gasteiger partial charge in [-0.3, -0.25) is 10.3 Å². The van der Waals surface area contributed by atoms with Crippen LogP contribution in [0.1, 0.15) is 21.3 Å². The molecule has 4 rings (SSSR count). The number of nitriles is 1. The van der Waals surface area contributed by atoms with Crippen molar-refractivity contribution < 1.29 is 4.79 Å². The van der Waals surface area contributed by atoms with E-state index in [0.717, 1.165) is 16.6 Å². The summed E-state index contributed by atoms with van der Waals surface area (Å²) in [5.74, 6) is 0.682. The molecule has 9 heteroatoms. The Bertz CT molecular complexity index is 1230. The van der Waals surface area contributed by atoms with Crippen molar-refractivity contribution in [2.24, 2.45) is 10.9 Å². The number of urea groups is 1. The van der Waals surface area contributed by atoms with Crippen LogP contribution in [-0.2, 0) is 0 Å². The zero-order valence-electron chi connectivity index (χ0n) is 19.1. The third-order valence-corrected chi connectivity index (χ3v) is 6.11. The van der Waals surface area contributed by atoms with E-state index >= 15 is 0 Å². The van der Waals surface area contributed by atoms with Crippen molar-refractivity contribution in [3.63, 3.8) is 0 Å². The number of hydrogen-bond donors (Lipinski definition) is 2. The Hall–Kier alpha value is -3.83. The Morgan fingerprint density at radius 1 is 1.17 bits per heavy atom. The molecule has 1 atom stereocenters. The molecule has 0 radical (unpaired) electrons. The molecule has 0 unspecified atom stereocenters. The van der Waals surface area contributed by atoms with Gasteiger partial charge in [0, 0.05) is 41.9 Å². The molecule has 1 aliphatic rings. The molecule has 0 bridgehead atoms. The molecule has 1 fully saturated rings. The molecule has 35 heavy (non-hydrogen) atoms. The van der Waals surface area contributed by atoms with Crippen LogP contribution in [0.3, 0.4) is 0 Å². The molecule has 1 aromatic heterocycles. The lowest BCUT2D eigenvalue weighted by molar-refractivity contribution is 0.118. The predicted molar refractivity (Wildman–Crippen MR) is 142 cm³/mol. The number of hydrogen-bond acceptors (Lipinski definition) is 4. The molecule has 0 aliphatic carbocycles. The van der Waals surface area contributed by atoms with Crippen LogP contribution in [0.25, 0.3) is 10.9 Å². The highest BCUT2D eigenvalue weighted by atomic mass is 35.5. The summed E-state index contributed by atoms with van der Waals surface area (Å²) in [4.78, 5) is 26.0. The summed E-state index contributed by atoms with van der Waals surface area (Å²) in [6.07, 6.45) is 3.77. The van der Waals surface area contributed by atoms with Gasteiger partial charge in [-0.25, -0.2) is 9.79 Å². The van der Waals surface area contributed by atoms with E-state index in [1.165, 1.54) is 0 Å². The lowest BCUT2D eigenvalue weighted by Gasteiger charge is -2.44. The van der Waals surface area contributed by atoms with E-state index in [-0.39, 0.29) is 25.4 Å². The van der Waals surface area contributed by atoms with Crippen LogP contribution in [0, 0.1) is 17.4 Å². The Morgan fingerprint density at radius 2 is 1.94 bits per heavy atom. The van der Waals surface area contributed by atoms with Crippen LogP contribution in [-0.4, -0.2) is 52.5 Å². The van der Waals surface area contributed by atoms with Crippen molar-refractivity contribution in [3.8, 4) is 6.19 Å². The lowest BCUT2D eigenvalue weighted by Crippen LogP contribution is -2.60. The number of amides is 2. The van der Waals surface area contributed by atoms with Gasteiger partial charge < -0.3 is 15.1 Å². The second-order valence-corrected chi connectivity index (χ2v) is 8.84. The molecule has 2 amide bonds. The molecule has 0 saturated carbocycles. The molecule has 1 saturated heterocycles. The van der Waals surface area contributed by atoms with Crippen LogP contribution in [0.5, 0.6) is 0 Å². The van der Waals surface area contributed by atoms with Crippen LogP contribution >= 0.6 is 11.6 Å². The first kappa shape index (κ1) is 25.8. The average molecular weight is 492 g/mol. The minimum absolute atomic E-state index is 0. The Labute approximate surface area is 211 Å². The van der Waals surface area contributed by atoms with Gasteiger partial charge in [0.15, 0.2) is 6.19 Å². The van der Waals surface area contributed by atoms with E-state index in [1.807, 2.05) is 36.5 Å². The van der Waals surface area contributed by atoms with E-state index in [1.54, 1.807) is 35.4 Å². The molecular formula is C26H30ClN7O. The first-order chi connectivity index (χ1) is 16.5. The van der Waals surface area contributed by atoms with Gasteiger partial charge in [0.1, 0.15) is 0 Å². The number of piperazine rings is 1. The highest BCUT2D eigenvalue weighted by molar-refractivity contribution is 6.30. The van der Waals surface area contributed by atoms with Crippen LogP contribution < -0.4 is 10.6 Å². The standard InChI is InChI=1S/C25H26ClN7O.CH4/c1-17(2)23-15-32(25(34)30-19-10-8-18(26)9-11-19)13-14-33(23)24(29-16-27)31-22-7-3-6-21-20(22)5-4-12-28-21;/h3-12,17,23H,13-15H2,1-2H3,(H,29,31)(H,30,34);1H4/t23-;/m1./s1. The normalized spacial score (nSPS) is 16.0. The highest BCUT2D eigenvalue weighted by Crippen LogP contribution is 2.26. The molecule has 3 aromatic rings. The van der Waals surface area contributed by atoms with E-state index in [0.29, 0.717) is 36.3 Å². The maximum Gasteiger partial charge on any atom is 0.321 e. The molecule has 2 N–H and O–H groups in total. The molecule has 0 spiro atoms. The number of rotatable bonds is 3. The van der Waals surface area contributed by atoms with E-state index < -0.39 is 0 Å². The Balaban J connectivity index is 0.00000342. The van der Waals surface area contributed by atoms with Gasteiger partial charge in [0.25, 0.3) is 0 Å². The summed E-state index contributed by atoms with van der Waals surface area (Å²) in [5.41, 5.74) is 2.26. The largest absolute Gasteiger partial charge is 0.335 e. The SMILES string of the molecule is C.CC(C)[C@H]1CN(C(=O)Nc2ccc(Cl)cc2)CCN1C(=Nc1cccc2ncccc12)NC#N. The summed E-state index contributed by atoms with van der Waals surface area (Å²) in [7, 11) is 0. The summed E-state index contributed by atoms with van der Waals surface area (Å²) in [6.45, 7) is 5.73. The number of aliphatic imine (C=N–C) groups is 1. The van der Waals surface area contributed by atoms with Crippen molar-refractivity contribution in [1.29, 1.82) is 5.26 Å². The van der Waals surface area contributed by atoms with E-state index in [4.69, 9.17) is 16.6 Å². The number of nitrogens with zero attached hydrogens (tertiary/aromatic N) is 5. The van der Waals surface area contributed by atoms with Gasteiger partial charge in [-0.1, -0.05) is 38.9 Å². The molecular weight excluding hydrogens is 462 g/mol. The first-order valence-electron chi connectivity index (χ1n) is 11.1. The molecule has 2 aromatic carbocycles. The molecule has 1 aliphatic heterocycles. The number of aromatic nitrogens is 1. The second-order valence-electron chi connectivity index (χ2n) is 8.41. The van der Waals surface area contributed by atoms with Gasteiger partial charge in [0.2, 0.25) is 5.96 Å². The zero-order valence-corrected chi connectivity index (χ0v) is 19.8. The number of carbonyl (C=O) groups excluding carboxylic acids is 1. The zero-order chi connectivity index (χ0) is 24.1. The predicted octanol–water partition coefficient (Wildman–Crippen LogP) is 5.46. The third kappa shape index (κ3) is 6.00. The summed E-state index contributed by atoms with van der Waals surface area (Å²) >= 11 is 5.94. The molecule has 2 heterocycles. The van der Waals surface area contributed by atoms with Crippen LogP contribution in [0.2, 0.25) is 5.02 Å². The summed E-state index contributed by atoms with van der Waals surface area (Å²) < 4.78 is 0. The maximum atomic E-state index is 12.9. The van der Waals surface area contributed by atoms with E-state index in [9.17, 15) is 10.1 Å². The quantitative estimate of drug-likeness (QED) is 0.219. The fourth-order valence-corrected chi connectivity index (χ4v) is 4.20. The number of pyridine rings is 1. The van der Waals surface area contributed by atoms with Crippen molar-refractivity contribution in [2.45, 2.75) is 27.3 Å². The van der Waals surface area contributed by atoms with Crippen molar-refractivity contribution in [3.05, 3.63) is 65.8 Å². The smallest absolute Gasteiger partial charge is 0.321 e. The Kier molecular flexibility index (Phi) is 8.50. The molecule has 8 nitrogen and oxygen atoms in total. The van der Waals surface area contributed by atoms with E-state index in [2.05, 4.69) is 34.4 Å². The molecule has 182 valence electrons. The van der Waals surface area contributed by atoms with Gasteiger partial charge in [-0.05, 0) is 54.4 Å². The number of fused-ring (bicyclic) bond motifs is 1. The number of carbonyl (C=O) groups is 1. The second kappa shape index (κ2) is 11.5. The number of nitrogens with one attached hydrogen (secondary N) is 2.